The van der Waals surface area contributed by atoms with Gasteiger partial charge in [0.25, 0.3) is 5.91 Å². The second-order valence-corrected chi connectivity index (χ2v) is 8.75. The maximum atomic E-state index is 13.0. The highest BCUT2D eigenvalue weighted by atomic mass is 32.1. The Morgan fingerprint density at radius 3 is 2.37 bits per heavy atom. The molecule has 0 radical (unpaired) electrons. The van der Waals surface area contributed by atoms with Crippen molar-refractivity contribution in [3.63, 3.8) is 0 Å². The van der Waals surface area contributed by atoms with E-state index in [9.17, 15) is 22.8 Å². The molecule has 13 heteroatoms. The lowest BCUT2D eigenvalue weighted by Crippen LogP contribution is -2.49. The molecule has 1 aliphatic heterocycles. The summed E-state index contributed by atoms with van der Waals surface area (Å²) in [5, 5.41) is 5.27. The zero-order valence-corrected chi connectivity index (χ0v) is 19.3. The molecule has 1 aliphatic rings. The minimum absolute atomic E-state index is 0.215. The van der Waals surface area contributed by atoms with E-state index in [4.69, 9.17) is 0 Å². The Bertz CT molecular complexity index is 1180. The summed E-state index contributed by atoms with van der Waals surface area (Å²) in [5.74, 6) is 0.251. The summed E-state index contributed by atoms with van der Waals surface area (Å²) in [7, 11) is 0. The summed E-state index contributed by atoms with van der Waals surface area (Å²) >= 11 is 1.16. The Morgan fingerprint density at radius 2 is 1.74 bits per heavy atom. The summed E-state index contributed by atoms with van der Waals surface area (Å²) in [6, 6.07) is 9.76. The average Bonchev–Trinajstić information content (AvgIpc) is 3.19. The first kappa shape index (κ1) is 24.3. The number of hydrogen-bond donors (Lipinski definition) is 2. The number of aryl methyl sites for hydroxylation is 1. The first-order valence-electron chi connectivity index (χ1n) is 10.5. The van der Waals surface area contributed by atoms with Crippen LogP contribution in [0.2, 0.25) is 0 Å². The quantitative estimate of drug-likeness (QED) is 0.534. The predicted octanol–water partition coefficient (Wildman–Crippen LogP) is 4.35. The van der Waals surface area contributed by atoms with E-state index in [0.29, 0.717) is 31.1 Å². The number of anilines is 3. The molecule has 3 aromatic rings. The van der Waals surface area contributed by atoms with Gasteiger partial charge in [0, 0.05) is 42.9 Å². The van der Waals surface area contributed by atoms with E-state index >= 15 is 0 Å². The van der Waals surface area contributed by atoms with E-state index in [-0.39, 0.29) is 22.4 Å². The first-order valence-corrected chi connectivity index (χ1v) is 11.4. The molecule has 4 rings (SSSR count). The number of aromatic nitrogens is 2. The van der Waals surface area contributed by atoms with Gasteiger partial charge in [0.15, 0.2) is 5.13 Å². The van der Waals surface area contributed by atoms with E-state index in [2.05, 4.69) is 30.2 Å². The second kappa shape index (κ2) is 10.2. The fourth-order valence-electron chi connectivity index (χ4n) is 3.48. The normalized spacial score (nSPS) is 13.9. The summed E-state index contributed by atoms with van der Waals surface area (Å²) < 4.78 is 40.6. The van der Waals surface area contributed by atoms with Gasteiger partial charge < -0.3 is 19.9 Å². The van der Waals surface area contributed by atoms with Gasteiger partial charge in [-0.3, -0.25) is 10.1 Å². The molecular weight excluding hydrogens is 485 g/mol. The molecule has 0 unspecified atom stereocenters. The van der Waals surface area contributed by atoms with Crippen molar-refractivity contribution in [1.29, 1.82) is 0 Å². The highest BCUT2D eigenvalue weighted by Crippen LogP contribution is 2.26. The third kappa shape index (κ3) is 6.38. The number of rotatable bonds is 5. The minimum Gasteiger partial charge on any atom is -0.406 e. The van der Waals surface area contributed by atoms with Crippen LogP contribution in [0.4, 0.5) is 34.6 Å². The number of benzene rings is 1. The molecule has 0 saturated carbocycles. The maximum absolute atomic E-state index is 13.0. The van der Waals surface area contributed by atoms with Crippen LogP contribution in [0.5, 0.6) is 5.75 Å². The molecule has 2 N–H and O–H groups in total. The van der Waals surface area contributed by atoms with Crippen molar-refractivity contribution >= 4 is 39.9 Å². The van der Waals surface area contributed by atoms with Gasteiger partial charge in [-0.25, -0.2) is 14.8 Å². The smallest absolute Gasteiger partial charge is 0.406 e. The Kier molecular flexibility index (Phi) is 7.05. The van der Waals surface area contributed by atoms with E-state index in [0.717, 1.165) is 29.3 Å². The van der Waals surface area contributed by atoms with Crippen LogP contribution in [0.25, 0.3) is 0 Å². The SMILES string of the molecule is Cc1sc(NC(=O)Nc2ccc(OC(F)(F)F)cc2)nc1C(=O)N1CCN(c2ccccn2)CC1. The molecule has 3 amide bonds. The molecule has 1 aromatic carbocycles. The van der Waals surface area contributed by atoms with Crippen LogP contribution >= 0.6 is 11.3 Å². The number of amides is 3. The number of alkyl halides is 3. The van der Waals surface area contributed by atoms with Crippen molar-refractivity contribution in [3.05, 3.63) is 59.2 Å². The highest BCUT2D eigenvalue weighted by molar-refractivity contribution is 7.16. The summed E-state index contributed by atoms with van der Waals surface area (Å²) in [6.07, 6.45) is -3.07. The zero-order chi connectivity index (χ0) is 25.0. The van der Waals surface area contributed by atoms with Crippen LogP contribution in [0.1, 0.15) is 15.4 Å². The number of piperazine rings is 1. The third-order valence-electron chi connectivity index (χ3n) is 5.11. The molecule has 1 fully saturated rings. The Balaban J connectivity index is 1.32. The fraction of sp³-hybridized carbons (Fsp3) is 0.273. The summed E-state index contributed by atoms with van der Waals surface area (Å²) in [5.41, 5.74) is 0.526. The molecule has 1 saturated heterocycles. The van der Waals surface area contributed by atoms with E-state index in [1.165, 1.54) is 12.1 Å². The van der Waals surface area contributed by atoms with Gasteiger partial charge in [0.05, 0.1) is 0 Å². The molecular formula is C22H21F3N6O3S. The van der Waals surface area contributed by atoms with Crippen molar-refractivity contribution < 1.29 is 27.5 Å². The van der Waals surface area contributed by atoms with Crippen LogP contribution in [0.15, 0.2) is 48.7 Å². The van der Waals surface area contributed by atoms with E-state index < -0.39 is 18.1 Å². The molecule has 184 valence electrons. The van der Waals surface area contributed by atoms with Gasteiger partial charge in [-0.15, -0.1) is 24.5 Å². The van der Waals surface area contributed by atoms with Gasteiger partial charge in [0.1, 0.15) is 17.3 Å². The standard InChI is InChI=1S/C22H21F3N6O3S/c1-14-18(19(32)31-12-10-30(11-13-31)17-4-2-3-9-26-17)28-21(35-14)29-20(33)27-15-5-7-16(8-6-15)34-22(23,24)25/h2-9H,10-13H2,1H3,(H2,27,28,29,33). The molecule has 0 aliphatic carbocycles. The molecule has 9 nitrogen and oxygen atoms in total. The lowest BCUT2D eigenvalue weighted by Gasteiger charge is -2.35. The number of nitrogens with zero attached hydrogens (tertiary/aromatic N) is 4. The lowest BCUT2D eigenvalue weighted by atomic mass is 10.2. The molecule has 2 aromatic heterocycles. The van der Waals surface area contributed by atoms with Crippen molar-refractivity contribution in [1.82, 2.24) is 14.9 Å². The number of carbonyl (C=O) groups excluding carboxylic acids is 2. The largest absolute Gasteiger partial charge is 0.573 e. The number of halogens is 3. The minimum atomic E-state index is -4.79. The van der Waals surface area contributed by atoms with Gasteiger partial charge in [-0.1, -0.05) is 6.07 Å². The van der Waals surface area contributed by atoms with E-state index in [1.54, 1.807) is 18.0 Å². The van der Waals surface area contributed by atoms with Gasteiger partial charge in [-0.2, -0.15) is 0 Å². The maximum Gasteiger partial charge on any atom is 0.573 e. The lowest BCUT2D eigenvalue weighted by molar-refractivity contribution is -0.274. The Labute approximate surface area is 202 Å². The molecule has 3 heterocycles. The molecule has 0 spiro atoms. The molecule has 0 atom stereocenters. The number of hydrogen-bond acceptors (Lipinski definition) is 7. The van der Waals surface area contributed by atoms with Crippen LogP contribution in [0, 0.1) is 6.92 Å². The summed E-state index contributed by atoms with van der Waals surface area (Å²) in [6.45, 7) is 4.07. The van der Waals surface area contributed by atoms with Crippen LogP contribution in [0.3, 0.4) is 0 Å². The predicted molar refractivity (Wildman–Crippen MR) is 125 cm³/mol. The summed E-state index contributed by atoms with van der Waals surface area (Å²) in [4.78, 5) is 38.4. The number of carbonyl (C=O) groups is 2. The fourth-order valence-corrected chi connectivity index (χ4v) is 4.28. The van der Waals surface area contributed by atoms with Crippen LogP contribution in [-0.2, 0) is 0 Å². The third-order valence-corrected chi connectivity index (χ3v) is 5.99. The van der Waals surface area contributed by atoms with Crippen molar-refractivity contribution in [2.24, 2.45) is 0 Å². The molecule has 0 bridgehead atoms. The van der Waals surface area contributed by atoms with E-state index in [1.807, 2.05) is 18.2 Å². The van der Waals surface area contributed by atoms with Gasteiger partial charge in [0.2, 0.25) is 0 Å². The number of nitrogens with one attached hydrogen (secondary N) is 2. The Morgan fingerprint density at radius 1 is 1.03 bits per heavy atom. The zero-order valence-electron chi connectivity index (χ0n) is 18.5. The second-order valence-electron chi connectivity index (χ2n) is 7.54. The number of urea groups is 1. The van der Waals surface area contributed by atoms with Crippen molar-refractivity contribution in [2.45, 2.75) is 13.3 Å². The van der Waals surface area contributed by atoms with Gasteiger partial charge in [-0.05, 0) is 43.3 Å². The number of thiazole rings is 1. The first-order chi connectivity index (χ1) is 16.7. The van der Waals surface area contributed by atoms with Crippen LogP contribution < -0.4 is 20.3 Å². The van der Waals surface area contributed by atoms with Crippen molar-refractivity contribution in [2.75, 3.05) is 41.7 Å². The van der Waals surface area contributed by atoms with Crippen LogP contribution in [-0.4, -0.2) is 59.3 Å². The number of pyridine rings is 1. The van der Waals surface area contributed by atoms with Gasteiger partial charge >= 0.3 is 12.4 Å². The topological polar surface area (TPSA) is 99.7 Å². The Hall–Kier alpha value is -3.87. The number of ether oxygens (including phenoxy) is 1. The van der Waals surface area contributed by atoms with Crippen molar-refractivity contribution in [3.8, 4) is 5.75 Å². The highest BCUT2D eigenvalue weighted by Gasteiger charge is 2.31. The molecule has 35 heavy (non-hydrogen) atoms. The average molecular weight is 507 g/mol. The monoisotopic (exact) mass is 506 g/mol.